The van der Waals surface area contributed by atoms with Crippen molar-refractivity contribution in [3.8, 4) is 0 Å². The molecule has 0 spiro atoms. The van der Waals surface area contributed by atoms with E-state index in [1.54, 1.807) is 0 Å². The van der Waals surface area contributed by atoms with Crippen LogP contribution in [0.5, 0.6) is 0 Å². The lowest BCUT2D eigenvalue weighted by Crippen LogP contribution is -2.08. The normalized spacial score (nSPS) is 10.8. The number of hydrogen-bond donors (Lipinski definition) is 1. The van der Waals surface area contributed by atoms with E-state index < -0.39 is 0 Å². The fourth-order valence-electron chi connectivity index (χ4n) is 1.66. The van der Waals surface area contributed by atoms with Crippen LogP contribution in [0.1, 0.15) is 45.6 Å². The first-order valence-electron chi connectivity index (χ1n) is 6.26. The molecule has 0 bridgehead atoms. The zero-order valence-electron chi connectivity index (χ0n) is 10.9. The van der Waals surface area contributed by atoms with E-state index in [0.717, 1.165) is 43.1 Å². The van der Waals surface area contributed by atoms with Crippen molar-refractivity contribution in [1.82, 2.24) is 9.97 Å². The summed E-state index contributed by atoms with van der Waals surface area (Å²) in [4.78, 5) is 9.12. The molecule has 16 heavy (non-hydrogen) atoms. The van der Waals surface area contributed by atoms with Crippen molar-refractivity contribution in [3.05, 3.63) is 17.6 Å². The first-order chi connectivity index (χ1) is 7.65. The molecule has 0 fully saturated rings. The number of nitrogens with zero attached hydrogens (tertiary/aromatic N) is 2. The van der Waals surface area contributed by atoms with Crippen LogP contribution in [0, 0.1) is 5.92 Å². The van der Waals surface area contributed by atoms with Gasteiger partial charge in [-0.3, -0.25) is 0 Å². The maximum Gasteiger partial charge on any atom is 0.131 e. The molecule has 1 N–H and O–H groups in total. The average Bonchev–Trinajstić information content (AvgIpc) is 2.17. The van der Waals surface area contributed by atoms with Crippen LogP contribution >= 0.6 is 0 Å². The summed E-state index contributed by atoms with van der Waals surface area (Å²) in [7, 11) is 0. The standard InChI is InChI=1S/C13H23N3/c1-5-7-11-9-12(14-6-2)16-13(15-11)8-10(3)4/h9-10H,5-8H2,1-4H3,(H,14,15,16). The van der Waals surface area contributed by atoms with Crippen LogP contribution < -0.4 is 5.32 Å². The SMILES string of the molecule is CCCc1cc(NCC)nc(CC(C)C)n1. The van der Waals surface area contributed by atoms with Crippen molar-refractivity contribution < 1.29 is 0 Å². The predicted molar refractivity (Wildman–Crippen MR) is 68.7 cm³/mol. The van der Waals surface area contributed by atoms with E-state index in [0.29, 0.717) is 5.92 Å². The minimum Gasteiger partial charge on any atom is -0.370 e. The molecule has 3 heteroatoms. The molecule has 0 saturated heterocycles. The summed E-state index contributed by atoms with van der Waals surface area (Å²) >= 11 is 0. The summed E-state index contributed by atoms with van der Waals surface area (Å²) in [6, 6.07) is 2.07. The van der Waals surface area contributed by atoms with Gasteiger partial charge in [0.15, 0.2) is 0 Å². The molecule has 1 aromatic rings. The summed E-state index contributed by atoms with van der Waals surface area (Å²) < 4.78 is 0. The number of nitrogens with one attached hydrogen (secondary N) is 1. The Morgan fingerprint density at radius 2 is 2.00 bits per heavy atom. The Balaban J connectivity index is 2.88. The van der Waals surface area contributed by atoms with E-state index in [1.165, 1.54) is 0 Å². The van der Waals surface area contributed by atoms with Crippen LogP contribution in [0.2, 0.25) is 0 Å². The second-order valence-electron chi connectivity index (χ2n) is 4.54. The number of hydrogen-bond acceptors (Lipinski definition) is 3. The highest BCUT2D eigenvalue weighted by atomic mass is 15.0. The van der Waals surface area contributed by atoms with Crippen molar-refractivity contribution in [3.63, 3.8) is 0 Å². The lowest BCUT2D eigenvalue weighted by atomic mass is 10.1. The van der Waals surface area contributed by atoms with Crippen molar-refractivity contribution in [2.24, 2.45) is 5.92 Å². The Morgan fingerprint density at radius 3 is 2.56 bits per heavy atom. The molecule has 0 aliphatic carbocycles. The van der Waals surface area contributed by atoms with Gasteiger partial charge in [0.05, 0.1) is 0 Å². The molecule has 0 unspecified atom stereocenters. The number of rotatable bonds is 6. The molecule has 0 radical (unpaired) electrons. The fourth-order valence-corrected chi connectivity index (χ4v) is 1.66. The van der Waals surface area contributed by atoms with Gasteiger partial charge in [-0.15, -0.1) is 0 Å². The van der Waals surface area contributed by atoms with Gasteiger partial charge in [0.25, 0.3) is 0 Å². The molecule has 90 valence electrons. The Morgan fingerprint density at radius 1 is 1.25 bits per heavy atom. The molecule has 0 saturated carbocycles. The van der Waals surface area contributed by atoms with E-state index in [4.69, 9.17) is 0 Å². The predicted octanol–water partition coefficient (Wildman–Crippen LogP) is 3.06. The van der Waals surface area contributed by atoms with Crippen molar-refractivity contribution in [2.45, 2.75) is 47.0 Å². The minimum atomic E-state index is 0.603. The fraction of sp³-hybridized carbons (Fsp3) is 0.692. The third-order valence-electron chi connectivity index (χ3n) is 2.28. The molecule has 1 rings (SSSR count). The number of anilines is 1. The lowest BCUT2D eigenvalue weighted by molar-refractivity contribution is 0.617. The van der Waals surface area contributed by atoms with Crippen LogP contribution in [0.25, 0.3) is 0 Å². The molecular weight excluding hydrogens is 198 g/mol. The summed E-state index contributed by atoms with van der Waals surface area (Å²) in [5, 5.41) is 3.27. The van der Waals surface area contributed by atoms with Crippen molar-refractivity contribution in [1.29, 1.82) is 0 Å². The average molecular weight is 221 g/mol. The highest BCUT2D eigenvalue weighted by Gasteiger charge is 2.05. The molecular formula is C13H23N3. The maximum absolute atomic E-state index is 4.59. The molecule has 0 amide bonds. The maximum atomic E-state index is 4.59. The van der Waals surface area contributed by atoms with Crippen LogP contribution in [0.3, 0.4) is 0 Å². The first-order valence-corrected chi connectivity index (χ1v) is 6.26. The number of aromatic nitrogens is 2. The highest BCUT2D eigenvalue weighted by Crippen LogP contribution is 2.11. The largest absolute Gasteiger partial charge is 0.370 e. The molecule has 1 aromatic heterocycles. The zero-order valence-corrected chi connectivity index (χ0v) is 10.9. The molecule has 0 aliphatic rings. The quantitative estimate of drug-likeness (QED) is 0.802. The van der Waals surface area contributed by atoms with Gasteiger partial charge in [-0.05, 0) is 19.3 Å². The van der Waals surface area contributed by atoms with Crippen LogP contribution in [-0.4, -0.2) is 16.5 Å². The van der Waals surface area contributed by atoms with Crippen molar-refractivity contribution >= 4 is 5.82 Å². The Labute approximate surface area is 98.7 Å². The highest BCUT2D eigenvalue weighted by molar-refractivity contribution is 5.36. The summed E-state index contributed by atoms with van der Waals surface area (Å²) in [5.41, 5.74) is 1.16. The van der Waals surface area contributed by atoms with Gasteiger partial charge in [0.2, 0.25) is 0 Å². The van der Waals surface area contributed by atoms with Gasteiger partial charge in [-0.25, -0.2) is 9.97 Å². The Bertz CT molecular complexity index is 297. The molecule has 1 heterocycles. The molecule has 0 aliphatic heterocycles. The van der Waals surface area contributed by atoms with Gasteiger partial charge in [-0.2, -0.15) is 0 Å². The first kappa shape index (κ1) is 12.9. The second-order valence-corrected chi connectivity index (χ2v) is 4.54. The van der Waals surface area contributed by atoms with Crippen LogP contribution in [0.15, 0.2) is 6.07 Å². The smallest absolute Gasteiger partial charge is 0.131 e. The second kappa shape index (κ2) is 6.46. The van der Waals surface area contributed by atoms with Crippen LogP contribution in [-0.2, 0) is 12.8 Å². The monoisotopic (exact) mass is 221 g/mol. The van der Waals surface area contributed by atoms with Gasteiger partial charge in [0, 0.05) is 24.7 Å². The van der Waals surface area contributed by atoms with E-state index in [-0.39, 0.29) is 0 Å². The van der Waals surface area contributed by atoms with Gasteiger partial charge in [0.1, 0.15) is 11.6 Å². The van der Waals surface area contributed by atoms with Gasteiger partial charge >= 0.3 is 0 Å². The Hall–Kier alpha value is -1.12. The third kappa shape index (κ3) is 4.17. The zero-order chi connectivity index (χ0) is 12.0. The topological polar surface area (TPSA) is 37.8 Å². The van der Waals surface area contributed by atoms with Crippen molar-refractivity contribution in [2.75, 3.05) is 11.9 Å². The van der Waals surface area contributed by atoms with E-state index in [1.807, 2.05) is 0 Å². The minimum absolute atomic E-state index is 0.603. The van der Waals surface area contributed by atoms with E-state index >= 15 is 0 Å². The van der Waals surface area contributed by atoms with Gasteiger partial charge in [-0.1, -0.05) is 27.2 Å². The van der Waals surface area contributed by atoms with Crippen LogP contribution in [0.4, 0.5) is 5.82 Å². The Kier molecular flexibility index (Phi) is 5.23. The third-order valence-corrected chi connectivity index (χ3v) is 2.28. The molecule has 0 atom stereocenters. The molecule has 3 nitrogen and oxygen atoms in total. The molecule has 0 aromatic carbocycles. The lowest BCUT2D eigenvalue weighted by Gasteiger charge is -2.09. The number of aryl methyl sites for hydroxylation is 1. The summed E-state index contributed by atoms with van der Waals surface area (Å²) in [6.45, 7) is 9.57. The van der Waals surface area contributed by atoms with E-state index in [2.05, 4.69) is 49.0 Å². The van der Waals surface area contributed by atoms with Gasteiger partial charge < -0.3 is 5.32 Å². The van der Waals surface area contributed by atoms with E-state index in [9.17, 15) is 0 Å². The summed E-state index contributed by atoms with van der Waals surface area (Å²) in [5.74, 6) is 2.54. The summed E-state index contributed by atoms with van der Waals surface area (Å²) in [6.07, 6.45) is 3.12.